The van der Waals surface area contributed by atoms with Gasteiger partial charge < -0.3 is 14.6 Å². The summed E-state index contributed by atoms with van der Waals surface area (Å²) in [4.78, 5) is 20.7. The van der Waals surface area contributed by atoms with Crippen molar-refractivity contribution < 1.29 is 70.8 Å². The summed E-state index contributed by atoms with van der Waals surface area (Å²) in [6.07, 6.45) is 1.48. The second kappa shape index (κ2) is 7.59. The van der Waals surface area contributed by atoms with Crippen LogP contribution in [0.15, 0.2) is 12.2 Å². The smallest absolute Gasteiger partial charge is 0.545 e. The minimum Gasteiger partial charge on any atom is -0.545 e. The van der Waals surface area contributed by atoms with Crippen LogP contribution in [-0.2, 0) is 14.3 Å². The van der Waals surface area contributed by atoms with Gasteiger partial charge in [-0.15, -0.1) is 0 Å². The second-order valence-corrected chi connectivity index (χ2v) is 3.82. The van der Waals surface area contributed by atoms with Crippen LogP contribution in [0.4, 0.5) is 0 Å². The van der Waals surface area contributed by atoms with Crippen LogP contribution in [0.1, 0.15) is 20.8 Å². The van der Waals surface area contributed by atoms with Crippen molar-refractivity contribution in [1.82, 2.24) is 0 Å². The molecule has 0 radical (unpaired) electrons. The fourth-order valence-corrected chi connectivity index (χ4v) is 0.472. The van der Waals surface area contributed by atoms with Gasteiger partial charge in [0.25, 0.3) is 0 Å². The molecule has 0 aromatic heterocycles. The number of carboxylic acids is 1. The maximum absolute atomic E-state index is 10.8. The second-order valence-electron chi connectivity index (χ2n) is 3.82. The molecule has 0 rings (SSSR count). The Balaban J connectivity index is 0. The van der Waals surface area contributed by atoms with Crippen LogP contribution in [0.25, 0.3) is 0 Å². The zero-order chi connectivity index (χ0) is 10.5. The third kappa shape index (κ3) is 12.3. The van der Waals surface area contributed by atoms with E-state index in [9.17, 15) is 14.7 Å². The summed E-state index contributed by atoms with van der Waals surface area (Å²) in [5.74, 6) is -2.08. The first-order chi connectivity index (χ1) is 5.81. The average Bonchev–Trinajstić information content (AvgIpc) is 1.95. The minimum atomic E-state index is -1.41. The largest absolute Gasteiger partial charge is 1.00 e. The van der Waals surface area contributed by atoms with Crippen molar-refractivity contribution in [2.75, 3.05) is 6.61 Å². The van der Waals surface area contributed by atoms with Crippen molar-refractivity contribution in [1.29, 1.82) is 0 Å². The summed E-state index contributed by atoms with van der Waals surface area (Å²) in [5, 5.41) is 9.90. The van der Waals surface area contributed by atoms with E-state index in [0.29, 0.717) is 6.08 Å². The number of carbonyl (C=O) groups is 2. The zero-order valence-corrected chi connectivity index (χ0v) is 12.1. The Labute approximate surface area is 126 Å². The summed E-state index contributed by atoms with van der Waals surface area (Å²) < 4.78 is 4.74. The van der Waals surface area contributed by atoms with Crippen LogP contribution in [-0.4, -0.2) is 18.5 Å². The number of carbonyl (C=O) groups excluding carboxylic acids is 2. The molecule has 0 aliphatic rings. The molecular weight excluding hydrogens is 211 g/mol. The molecule has 5 heteroatoms. The predicted octanol–water partition coefficient (Wildman–Crippen LogP) is -3.11. The van der Waals surface area contributed by atoms with Crippen molar-refractivity contribution >= 4 is 11.9 Å². The Morgan fingerprint density at radius 1 is 1.29 bits per heavy atom. The topological polar surface area (TPSA) is 66.4 Å². The molecule has 0 aromatic rings. The molecule has 0 amide bonds. The maximum atomic E-state index is 10.8. The molecule has 4 nitrogen and oxygen atoms in total. The Hall–Kier alpha value is 0.316. The monoisotopic (exact) mass is 224 g/mol. The van der Waals surface area contributed by atoms with Crippen molar-refractivity contribution in [2.24, 2.45) is 5.41 Å². The number of aliphatic carboxylic acids is 1. The molecule has 14 heavy (non-hydrogen) atoms. The van der Waals surface area contributed by atoms with Gasteiger partial charge in [-0.2, -0.15) is 0 Å². The number of hydrogen-bond donors (Lipinski definition) is 0. The molecule has 0 bridgehead atoms. The van der Waals surface area contributed by atoms with E-state index in [4.69, 9.17) is 4.74 Å². The Morgan fingerprint density at radius 3 is 2.14 bits per heavy atom. The molecule has 0 N–H and O–H groups in total. The Bertz CT molecular complexity index is 227. The summed E-state index contributed by atoms with van der Waals surface area (Å²) >= 11 is 0. The minimum absolute atomic E-state index is 0. The van der Waals surface area contributed by atoms with Gasteiger partial charge in [0.2, 0.25) is 0 Å². The van der Waals surface area contributed by atoms with Crippen LogP contribution in [0.2, 0.25) is 0 Å². The van der Waals surface area contributed by atoms with Gasteiger partial charge in [0, 0.05) is 6.08 Å². The van der Waals surface area contributed by atoms with Crippen molar-refractivity contribution in [3.63, 3.8) is 0 Å². The van der Waals surface area contributed by atoms with Gasteiger partial charge in [-0.05, 0) is 11.5 Å². The van der Waals surface area contributed by atoms with Gasteiger partial charge in [0.05, 0.1) is 12.6 Å². The molecule has 0 saturated carbocycles. The third-order valence-corrected chi connectivity index (χ3v) is 1.00. The van der Waals surface area contributed by atoms with Gasteiger partial charge in [0.1, 0.15) is 0 Å². The van der Waals surface area contributed by atoms with E-state index in [1.54, 1.807) is 0 Å². The Kier molecular flexibility index (Phi) is 9.07. The summed E-state index contributed by atoms with van der Waals surface area (Å²) in [7, 11) is 0. The number of carboxylic acid groups (broad SMARTS) is 1. The first-order valence-corrected chi connectivity index (χ1v) is 3.87. The van der Waals surface area contributed by atoms with E-state index < -0.39 is 11.9 Å². The van der Waals surface area contributed by atoms with Crippen LogP contribution in [0.5, 0.6) is 0 Å². The molecule has 0 spiro atoms. The summed E-state index contributed by atoms with van der Waals surface area (Å²) in [5.41, 5.74) is -0.120. The van der Waals surface area contributed by atoms with Crippen LogP contribution in [0.3, 0.4) is 0 Å². The maximum Gasteiger partial charge on any atom is 1.00 e. The van der Waals surface area contributed by atoms with Gasteiger partial charge in [-0.3, -0.25) is 0 Å². The van der Waals surface area contributed by atoms with Gasteiger partial charge in [-0.25, -0.2) is 4.79 Å². The molecule has 0 fully saturated rings. The molecule has 0 aliphatic heterocycles. The molecule has 0 saturated heterocycles. The van der Waals surface area contributed by atoms with E-state index in [-0.39, 0.29) is 63.4 Å². The normalized spacial score (nSPS) is 10.8. The summed E-state index contributed by atoms with van der Waals surface area (Å²) in [6.45, 7) is 5.97. The average molecular weight is 224 g/mol. The van der Waals surface area contributed by atoms with E-state index in [1.807, 2.05) is 20.8 Å². The molecule has 0 aliphatic carbocycles. The standard InChI is InChI=1S/C9H14O4.K/c1-9(2,3)6-13-8(12)5-4-7(10)11;/h4-5H,6H2,1-3H3,(H,10,11);/q;+1/p-1. The quantitative estimate of drug-likeness (QED) is 0.289. The van der Waals surface area contributed by atoms with E-state index in [1.165, 1.54) is 0 Å². The fourth-order valence-electron chi connectivity index (χ4n) is 0.472. The van der Waals surface area contributed by atoms with Gasteiger partial charge in [-0.1, -0.05) is 20.8 Å². The first-order valence-electron chi connectivity index (χ1n) is 3.87. The van der Waals surface area contributed by atoms with Crippen LogP contribution < -0.4 is 56.5 Å². The van der Waals surface area contributed by atoms with Gasteiger partial charge >= 0.3 is 57.4 Å². The van der Waals surface area contributed by atoms with Crippen LogP contribution >= 0.6 is 0 Å². The van der Waals surface area contributed by atoms with E-state index in [2.05, 4.69) is 0 Å². The predicted molar refractivity (Wildman–Crippen MR) is 44.6 cm³/mol. The Morgan fingerprint density at radius 2 is 1.79 bits per heavy atom. The molecule has 74 valence electrons. The van der Waals surface area contributed by atoms with Crippen molar-refractivity contribution in [3.05, 3.63) is 12.2 Å². The third-order valence-electron chi connectivity index (χ3n) is 1.00. The number of ether oxygens (including phenoxy) is 1. The van der Waals surface area contributed by atoms with Crippen molar-refractivity contribution in [3.8, 4) is 0 Å². The molecule has 0 heterocycles. The number of esters is 1. The van der Waals surface area contributed by atoms with E-state index >= 15 is 0 Å². The van der Waals surface area contributed by atoms with Crippen molar-refractivity contribution in [2.45, 2.75) is 20.8 Å². The van der Waals surface area contributed by atoms with Gasteiger partial charge in [0.15, 0.2) is 0 Å². The number of rotatable bonds is 3. The molecular formula is C9H13KO4. The summed E-state index contributed by atoms with van der Waals surface area (Å²) in [6, 6.07) is 0. The first kappa shape index (κ1) is 16.7. The number of hydrogen-bond acceptors (Lipinski definition) is 4. The SMILES string of the molecule is CC(C)(C)COC(=O)C=CC(=O)[O-].[K+]. The van der Waals surface area contributed by atoms with Crippen LogP contribution in [0, 0.1) is 5.41 Å². The molecule has 0 unspecified atom stereocenters. The van der Waals surface area contributed by atoms with E-state index in [0.717, 1.165) is 6.08 Å². The fraction of sp³-hybridized carbons (Fsp3) is 0.556. The molecule has 0 aromatic carbocycles. The molecule has 0 atom stereocenters. The zero-order valence-electron chi connectivity index (χ0n) is 8.99.